The smallest absolute Gasteiger partial charge is 0.328 e. The van der Waals surface area contributed by atoms with Gasteiger partial charge in [0.1, 0.15) is 4.21 Å². The summed E-state index contributed by atoms with van der Waals surface area (Å²) in [4.78, 5) is 29.9. The van der Waals surface area contributed by atoms with E-state index >= 15 is 8.42 Å². The molecule has 56 heavy (non-hydrogen) atoms. The van der Waals surface area contributed by atoms with Gasteiger partial charge in [-0.3, -0.25) is 13.9 Å². The molecule has 7 nitrogen and oxygen atoms in total. The highest BCUT2D eigenvalue weighted by Gasteiger charge is 2.67. The predicted octanol–water partition coefficient (Wildman–Crippen LogP) is 9.60. The maximum Gasteiger partial charge on any atom is 0.328 e. The topological polar surface area (TPSA) is 90.0 Å². The molecule has 0 spiro atoms. The number of esters is 2. The minimum absolute atomic E-state index is 0.186. The number of thiophene rings is 1. The zero-order chi connectivity index (χ0) is 37.0. The average molecular weight is 764 g/mol. The van der Waals surface area contributed by atoms with Crippen LogP contribution in [0.5, 0.6) is 0 Å². The van der Waals surface area contributed by atoms with Crippen molar-refractivity contribution in [3.8, 4) is 0 Å². The number of rotatable bonds is 4. The summed E-state index contributed by atoms with van der Waals surface area (Å²) in [6, 6.07) is 23.0. The minimum atomic E-state index is -4.25. The number of benzene rings is 8. The Morgan fingerprint density at radius 2 is 1.14 bits per heavy atom. The molecule has 4 aliphatic rings. The monoisotopic (exact) mass is 763 g/mol. The van der Waals surface area contributed by atoms with E-state index in [1.807, 2.05) is 0 Å². The number of anilines is 1. The molecular formula is C47H25NO6S2. The van der Waals surface area contributed by atoms with Crippen molar-refractivity contribution < 1.29 is 27.5 Å². The first-order chi connectivity index (χ1) is 27.3. The number of carbonyl (C=O) groups is 2. The van der Waals surface area contributed by atoms with Gasteiger partial charge in [0, 0.05) is 11.5 Å². The third-order valence-electron chi connectivity index (χ3n) is 14.5. The summed E-state index contributed by atoms with van der Waals surface area (Å²) in [5.41, 5.74) is 4.93. The molecule has 0 saturated heterocycles. The quantitative estimate of drug-likeness (QED) is 0.101. The summed E-state index contributed by atoms with van der Waals surface area (Å²) in [6.07, 6.45) is 1.39. The molecule has 0 amide bonds. The van der Waals surface area contributed by atoms with Crippen molar-refractivity contribution in [1.82, 2.24) is 0 Å². The number of para-hydroxylation sites is 1. The molecule has 1 aromatic heterocycles. The van der Waals surface area contributed by atoms with Crippen LogP contribution in [0.25, 0.3) is 86.2 Å². The van der Waals surface area contributed by atoms with Gasteiger partial charge in [-0.1, -0.05) is 60.7 Å². The van der Waals surface area contributed by atoms with Gasteiger partial charge in [-0.2, -0.15) is 0 Å². The summed E-state index contributed by atoms with van der Waals surface area (Å²) in [5.74, 6) is -2.57. The van der Waals surface area contributed by atoms with Crippen molar-refractivity contribution in [2.45, 2.75) is 34.4 Å². The molecule has 2 heterocycles. The Morgan fingerprint density at radius 3 is 1.71 bits per heavy atom. The second-order valence-corrected chi connectivity index (χ2v) is 19.4. The van der Waals surface area contributed by atoms with Gasteiger partial charge in [0.05, 0.1) is 25.9 Å². The number of hydrogen-bond donors (Lipinski definition) is 0. The van der Waals surface area contributed by atoms with E-state index in [-0.39, 0.29) is 15.5 Å². The van der Waals surface area contributed by atoms with Gasteiger partial charge < -0.3 is 9.47 Å². The molecule has 1 aliphatic heterocycles. The molecule has 0 bridgehead atoms. The van der Waals surface area contributed by atoms with E-state index in [9.17, 15) is 9.59 Å². The zero-order valence-electron chi connectivity index (χ0n) is 29.8. The fourth-order valence-electron chi connectivity index (χ4n) is 13.0. The van der Waals surface area contributed by atoms with Crippen LogP contribution in [0.4, 0.5) is 5.69 Å². The lowest BCUT2D eigenvalue weighted by Crippen LogP contribution is -2.59. The molecule has 2 unspecified atom stereocenters. The Morgan fingerprint density at radius 1 is 0.625 bits per heavy atom. The molecule has 3 aliphatic carbocycles. The van der Waals surface area contributed by atoms with E-state index in [1.54, 1.807) is 41.8 Å². The Labute approximate surface area is 321 Å². The number of carbonyl (C=O) groups excluding carboxylic acids is 2. The van der Waals surface area contributed by atoms with Gasteiger partial charge in [0.25, 0.3) is 10.0 Å². The molecular weight excluding hydrogens is 739 g/mol. The summed E-state index contributed by atoms with van der Waals surface area (Å²) >= 11 is 1.16. The molecule has 15 rings (SSSR count). The van der Waals surface area contributed by atoms with Crippen LogP contribution in [0.15, 0.2) is 82.4 Å². The van der Waals surface area contributed by atoms with E-state index in [1.165, 1.54) is 105 Å². The number of nitrogens with zero attached hydrogens (tertiary/aromatic N) is 1. The van der Waals surface area contributed by atoms with E-state index < -0.39 is 39.3 Å². The summed E-state index contributed by atoms with van der Waals surface area (Å²) in [6.45, 7) is 0. The number of methoxy groups -OCH3 is 2. The standard InChI is InChI=1S/C47H25NO6S2/c1-53-45(49)47(46(50)54-2)26-6-3-4-7-27(26)48(56(51,52)28-8-5-11-55-28)44-25-17-23-15-21-13-19-10-9-18-12-20-14-22-16-24(43(44)47)35-36(25)40-34(23)32(21)38-30(19)29(18)37-31(20)33(22)39(35)42(40)41(37)38/h3-13,16-17,43-44H,14-15H2,1-2H3. The van der Waals surface area contributed by atoms with Crippen molar-refractivity contribution in [3.05, 3.63) is 117 Å². The Bertz CT molecular complexity index is 3760. The first-order valence-corrected chi connectivity index (χ1v) is 21.2. The lowest BCUT2D eigenvalue weighted by molar-refractivity contribution is -0.164. The zero-order valence-corrected chi connectivity index (χ0v) is 31.4. The third kappa shape index (κ3) is 2.62. The van der Waals surface area contributed by atoms with Crippen LogP contribution < -0.4 is 4.31 Å². The van der Waals surface area contributed by atoms with Gasteiger partial charge in [0.2, 0.25) is 5.41 Å². The van der Waals surface area contributed by atoms with Gasteiger partial charge in [-0.05, 0) is 150 Å². The van der Waals surface area contributed by atoms with Gasteiger partial charge in [-0.25, -0.2) is 8.42 Å². The lowest BCUT2D eigenvalue weighted by atomic mass is 9.58. The van der Waals surface area contributed by atoms with Crippen molar-refractivity contribution in [1.29, 1.82) is 0 Å². The SMILES string of the molecule is COC(=O)C1(C(=O)OC)c2ccccc2N(S(=O)(=O)c2cccs2)C2c3cc4c5c6c(cc7ccc8cc9c%10c%11c(cc(c%12c3c5c(c%12%11)c3c6c7c8c%103)C21)C9)C4. The maximum atomic E-state index is 15.4. The van der Waals surface area contributed by atoms with Crippen molar-refractivity contribution >= 4 is 125 Å². The third-order valence-corrected chi connectivity index (χ3v) is 17.7. The van der Waals surface area contributed by atoms with E-state index in [0.717, 1.165) is 44.4 Å². The maximum absolute atomic E-state index is 15.4. The summed E-state index contributed by atoms with van der Waals surface area (Å²) < 4.78 is 43.8. The second kappa shape index (κ2) is 8.68. The molecule has 9 heteroatoms. The van der Waals surface area contributed by atoms with E-state index in [4.69, 9.17) is 9.47 Å². The fraction of sp³-hybridized carbons (Fsp3) is 0.149. The highest BCUT2D eigenvalue weighted by atomic mass is 32.2. The Kier molecular flexibility index (Phi) is 4.54. The highest BCUT2D eigenvalue weighted by molar-refractivity contribution is 7.94. The molecule has 0 N–H and O–H groups in total. The molecule has 11 aromatic rings. The largest absolute Gasteiger partial charge is 0.468 e. The van der Waals surface area contributed by atoms with Crippen molar-refractivity contribution in [2.75, 3.05) is 18.5 Å². The lowest BCUT2D eigenvalue weighted by Gasteiger charge is -2.52. The van der Waals surface area contributed by atoms with Crippen LogP contribution in [0, 0.1) is 0 Å². The molecule has 0 radical (unpaired) electrons. The minimum Gasteiger partial charge on any atom is -0.468 e. The van der Waals surface area contributed by atoms with E-state index in [0.29, 0.717) is 12.8 Å². The summed E-state index contributed by atoms with van der Waals surface area (Å²) in [5, 5.41) is 21.7. The number of hydrogen-bond acceptors (Lipinski definition) is 7. The number of ether oxygens (including phenoxy) is 2. The molecule has 0 saturated carbocycles. The van der Waals surface area contributed by atoms with Crippen LogP contribution >= 0.6 is 11.3 Å². The normalized spacial score (nSPS) is 19.1. The molecule has 10 aromatic carbocycles. The molecule has 2 atom stereocenters. The van der Waals surface area contributed by atoms with Crippen LogP contribution in [0.1, 0.15) is 50.9 Å². The van der Waals surface area contributed by atoms with Crippen molar-refractivity contribution in [2.24, 2.45) is 0 Å². The second-order valence-electron chi connectivity index (χ2n) is 16.4. The number of sulfonamides is 1. The van der Waals surface area contributed by atoms with Crippen LogP contribution in [-0.4, -0.2) is 34.6 Å². The Hall–Kier alpha value is -6.03. The van der Waals surface area contributed by atoms with E-state index in [2.05, 4.69) is 36.4 Å². The highest BCUT2D eigenvalue weighted by Crippen LogP contribution is 2.69. The van der Waals surface area contributed by atoms with Gasteiger partial charge >= 0.3 is 11.9 Å². The summed E-state index contributed by atoms with van der Waals surface area (Å²) in [7, 11) is -1.66. The fourth-order valence-corrected chi connectivity index (χ4v) is 15.7. The van der Waals surface area contributed by atoms with Crippen LogP contribution in [0.2, 0.25) is 0 Å². The first kappa shape index (κ1) is 29.3. The number of fused-ring (bicyclic) bond motifs is 4. The first-order valence-electron chi connectivity index (χ1n) is 18.9. The Balaban J connectivity index is 1.24. The van der Waals surface area contributed by atoms with Gasteiger partial charge in [0.15, 0.2) is 0 Å². The predicted molar refractivity (Wildman–Crippen MR) is 220 cm³/mol. The molecule has 0 fully saturated rings. The van der Waals surface area contributed by atoms with Crippen LogP contribution in [0.3, 0.4) is 0 Å². The average Bonchev–Trinajstić information content (AvgIpc) is 4.05. The van der Waals surface area contributed by atoms with Crippen molar-refractivity contribution in [3.63, 3.8) is 0 Å². The van der Waals surface area contributed by atoms with Gasteiger partial charge in [-0.15, -0.1) is 11.3 Å². The molecule has 266 valence electrons. The van der Waals surface area contributed by atoms with Crippen LogP contribution in [-0.2, 0) is 47.3 Å².